The van der Waals surface area contributed by atoms with Gasteiger partial charge in [-0.3, -0.25) is 24.4 Å². The maximum Gasteiger partial charge on any atom is 0.325 e. The van der Waals surface area contributed by atoms with Crippen molar-refractivity contribution in [1.82, 2.24) is 25.7 Å². The zero-order valence-electron chi connectivity index (χ0n) is 22.6. The Hall–Kier alpha value is -3.61. The van der Waals surface area contributed by atoms with Crippen molar-refractivity contribution in [2.45, 2.75) is 38.4 Å². The molecule has 4 heterocycles. The molecule has 3 aliphatic heterocycles. The molecule has 3 aliphatic rings. The first-order chi connectivity index (χ1) is 18.9. The number of fused-ring (bicyclic) bond motifs is 1. The van der Waals surface area contributed by atoms with Crippen molar-refractivity contribution >= 4 is 24.4 Å². The fourth-order valence-electron chi connectivity index (χ4n) is 5.56. The number of benzene rings is 1. The zero-order valence-corrected chi connectivity index (χ0v) is 22.6. The van der Waals surface area contributed by atoms with Gasteiger partial charge in [0.2, 0.25) is 5.78 Å². The molecule has 2 fully saturated rings. The fraction of sp³-hybridized carbons (Fsp3) is 0.519. The summed E-state index contributed by atoms with van der Waals surface area (Å²) < 4.78 is 16.3. The lowest BCUT2D eigenvalue weighted by Crippen LogP contribution is -2.60. The maximum absolute atomic E-state index is 13.0. The zero-order chi connectivity index (χ0) is 27.6. The Labute approximate surface area is 227 Å². The number of nitrogens with one attached hydrogen (secondary N) is 2. The normalized spacial score (nSPS) is 20.1. The highest BCUT2D eigenvalue weighted by Crippen LogP contribution is 2.37. The van der Waals surface area contributed by atoms with Crippen molar-refractivity contribution < 1.29 is 23.5 Å². The van der Waals surface area contributed by atoms with Crippen LogP contribution in [0.5, 0.6) is 11.5 Å². The topological polar surface area (TPSA) is 134 Å². The SMILES string of the molecule is C=NC=CC(C(C)NCC(=O)c1nnc(N2Cc3cc(OC)c(OC)cc3C2=O)o1)N1CCC2(CC1)CNC2. The number of rotatable bonds is 11. The largest absolute Gasteiger partial charge is 0.493 e. The van der Waals surface area contributed by atoms with Gasteiger partial charge in [-0.25, -0.2) is 0 Å². The first-order valence-corrected chi connectivity index (χ1v) is 13.1. The highest BCUT2D eigenvalue weighted by Gasteiger charge is 2.41. The van der Waals surface area contributed by atoms with E-state index >= 15 is 0 Å². The molecule has 5 rings (SSSR count). The lowest BCUT2D eigenvalue weighted by atomic mass is 9.73. The number of anilines is 1. The molecule has 2 saturated heterocycles. The summed E-state index contributed by atoms with van der Waals surface area (Å²) in [5.74, 6) is 0.159. The number of ketones is 1. The van der Waals surface area contributed by atoms with E-state index in [-0.39, 0.29) is 48.8 Å². The average Bonchev–Trinajstić information content (AvgIpc) is 3.55. The van der Waals surface area contributed by atoms with Gasteiger partial charge in [-0.15, -0.1) is 5.10 Å². The molecule has 2 N–H and O–H groups in total. The lowest BCUT2D eigenvalue weighted by molar-refractivity contribution is 0.0375. The van der Waals surface area contributed by atoms with Gasteiger partial charge in [0.05, 0.1) is 27.3 Å². The van der Waals surface area contributed by atoms with Gasteiger partial charge in [-0.05, 0) is 68.8 Å². The summed E-state index contributed by atoms with van der Waals surface area (Å²) in [5, 5.41) is 14.6. The third-order valence-corrected chi connectivity index (χ3v) is 8.06. The Balaban J connectivity index is 1.20. The molecule has 39 heavy (non-hydrogen) atoms. The molecule has 2 aromatic rings. The van der Waals surface area contributed by atoms with Crippen LogP contribution in [-0.4, -0.2) is 92.5 Å². The predicted molar refractivity (Wildman–Crippen MR) is 145 cm³/mol. The van der Waals surface area contributed by atoms with Crippen LogP contribution in [-0.2, 0) is 6.54 Å². The molecule has 1 amide bonds. The monoisotopic (exact) mass is 537 g/mol. The highest BCUT2D eigenvalue weighted by atomic mass is 16.5. The minimum atomic E-state index is -0.351. The molecular weight excluding hydrogens is 502 g/mol. The van der Waals surface area contributed by atoms with Crippen LogP contribution in [0.1, 0.15) is 46.4 Å². The predicted octanol–water partition coefficient (Wildman–Crippen LogP) is 1.68. The van der Waals surface area contributed by atoms with E-state index in [0.29, 0.717) is 22.5 Å². The van der Waals surface area contributed by atoms with E-state index in [1.807, 2.05) is 13.0 Å². The molecule has 2 unspecified atom stereocenters. The Bertz CT molecular complexity index is 1260. The van der Waals surface area contributed by atoms with Crippen molar-refractivity contribution in [2.24, 2.45) is 10.4 Å². The molecular formula is C27H35N7O5. The number of aliphatic imine (C=N–C) groups is 1. The third-order valence-electron chi connectivity index (χ3n) is 8.06. The molecule has 1 aromatic carbocycles. The number of carbonyl (C=O) groups excluding carboxylic acids is 2. The molecule has 0 bridgehead atoms. The van der Waals surface area contributed by atoms with Gasteiger partial charge >= 0.3 is 6.01 Å². The van der Waals surface area contributed by atoms with Crippen LogP contribution in [0.3, 0.4) is 0 Å². The highest BCUT2D eigenvalue weighted by molar-refractivity contribution is 6.09. The molecule has 208 valence electrons. The molecule has 12 nitrogen and oxygen atoms in total. The number of methoxy groups -OCH3 is 2. The summed E-state index contributed by atoms with van der Waals surface area (Å²) in [5.41, 5.74) is 1.64. The van der Waals surface area contributed by atoms with E-state index in [1.165, 1.54) is 19.1 Å². The minimum absolute atomic E-state index is 0.0128. The maximum atomic E-state index is 13.0. The molecule has 0 saturated carbocycles. The van der Waals surface area contributed by atoms with Crippen LogP contribution in [0.15, 0.2) is 33.8 Å². The summed E-state index contributed by atoms with van der Waals surface area (Å²) in [6, 6.07) is 3.36. The molecule has 12 heteroatoms. The van der Waals surface area contributed by atoms with Crippen molar-refractivity contribution in [3.63, 3.8) is 0 Å². The average molecular weight is 538 g/mol. The van der Waals surface area contributed by atoms with Crippen LogP contribution in [0.2, 0.25) is 0 Å². The van der Waals surface area contributed by atoms with Gasteiger partial charge in [0.1, 0.15) is 0 Å². The van der Waals surface area contributed by atoms with Gasteiger partial charge in [0.15, 0.2) is 11.5 Å². The van der Waals surface area contributed by atoms with Crippen LogP contribution < -0.4 is 25.0 Å². The molecule has 2 atom stereocenters. The number of carbonyl (C=O) groups is 2. The Morgan fingerprint density at radius 3 is 2.62 bits per heavy atom. The number of Topliss-reactive ketones (excluding diaryl/α,β-unsaturated/α-hetero) is 1. The van der Waals surface area contributed by atoms with Crippen molar-refractivity contribution in [1.29, 1.82) is 0 Å². The number of nitrogens with zero attached hydrogens (tertiary/aromatic N) is 5. The van der Waals surface area contributed by atoms with Gasteiger partial charge in [0, 0.05) is 36.9 Å². The van der Waals surface area contributed by atoms with Gasteiger partial charge in [-0.2, -0.15) is 0 Å². The molecule has 0 aliphatic carbocycles. The molecule has 1 aromatic heterocycles. The number of amides is 1. The van der Waals surface area contributed by atoms with E-state index in [1.54, 1.807) is 18.3 Å². The lowest BCUT2D eigenvalue weighted by Gasteiger charge is -2.50. The van der Waals surface area contributed by atoms with Crippen LogP contribution in [0.25, 0.3) is 0 Å². The molecule has 0 radical (unpaired) electrons. The standard InChI is InChI=1S/C27H35N7O5/c1-17(20(5-8-28-2)33-9-6-27(7-10-33)15-29-16-27)30-13-21(35)24-31-32-26(39-24)34-14-18-11-22(37-3)23(38-4)12-19(18)25(34)36/h5,8,11-12,17,20,29-30H,2,6-7,9-10,13-16H2,1,3-4H3. The smallest absolute Gasteiger partial charge is 0.325 e. The Morgan fingerprint density at radius 1 is 1.26 bits per heavy atom. The second kappa shape index (κ2) is 11.2. The van der Waals surface area contributed by atoms with Crippen LogP contribution >= 0.6 is 0 Å². The van der Waals surface area contributed by atoms with Crippen molar-refractivity contribution in [3.8, 4) is 11.5 Å². The van der Waals surface area contributed by atoms with E-state index in [4.69, 9.17) is 13.9 Å². The van der Waals surface area contributed by atoms with E-state index in [2.05, 4.69) is 37.4 Å². The number of hydrogen-bond donors (Lipinski definition) is 2. The fourth-order valence-corrected chi connectivity index (χ4v) is 5.56. The van der Waals surface area contributed by atoms with Crippen LogP contribution in [0.4, 0.5) is 6.01 Å². The molecule has 1 spiro atoms. The second-order valence-corrected chi connectivity index (χ2v) is 10.4. The first-order valence-electron chi connectivity index (χ1n) is 13.1. The second-order valence-electron chi connectivity index (χ2n) is 10.4. The van der Waals surface area contributed by atoms with Gasteiger partial charge in [-0.1, -0.05) is 5.10 Å². The van der Waals surface area contributed by atoms with E-state index in [9.17, 15) is 9.59 Å². The number of piperidine rings is 1. The summed E-state index contributed by atoms with van der Waals surface area (Å²) in [4.78, 5) is 33.6. The minimum Gasteiger partial charge on any atom is -0.493 e. The first kappa shape index (κ1) is 27.0. The number of aromatic nitrogens is 2. The van der Waals surface area contributed by atoms with E-state index in [0.717, 1.165) is 44.6 Å². The summed E-state index contributed by atoms with van der Waals surface area (Å²) in [6.07, 6.45) is 6.04. The van der Waals surface area contributed by atoms with Gasteiger partial charge < -0.3 is 24.5 Å². The summed E-state index contributed by atoms with van der Waals surface area (Å²) in [7, 11) is 3.04. The Morgan fingerprint density at radius 2 is 1.97 bits per heavy atom. The van der Waals surface area contributed by atoms with Gasteiger partial charge in [0.25, 0.3) is 11.8 Å². The quantitative estimate of drug-likeness (QED) is 0.322. The van der Waals surface area contributed by atoms with Crippen molar-refractivity contribution in [3.05, 3.63) is 41.4 Å². The summed E-state index contributed by atoms with van der Waals surface area (Å²) in [6.45, 7) is 10.0. The number of likely N-dealkylation sites (tertiary alicyclic amines) is 1. The Kier molecular flexibility index (Phi) is 7.78. The van der Waals surface area contributed by atoms with Crippen LogP contribution in [0, 0.1) is 5.41 Å². The van der Waals surface area contributed by atoms with E-state index < -0.39 is 0 Å². The van der Waals surface area contributed by atoms with Crippen molar-refractivity contribution in [2.75, 3.05) is 51.8 Å². The summed E-state index contributed by atoms with van der Waals surface area (Å²) >= 11 is 0. The number of ether oxygens (including phenoxy) is 2. The number of hydrogen-bond acceptors (Lipinski definition) is 11. The third kappa shape index (κ3) is 5.32.